The zero-order valence-corrected chi connectivity index (χ0v) is 14.6. The topological polar surface area (TPSA) is 66.6 Å². The largest absolute Gasteiger partial charge is 0.366 e. The number of thiophene rings is 1. The molecule has 0 spiro atoms. The minimum Gasteiger partial charge on any atom is -0.366 e. The summed E-state index contributed by atoms with van der Waals surface area (Å²) in [7, 11) is 0. The molecule has 0 radical (unpaired) electrons. The highest BCUT2D eigenvalue weighted by Crippen LogP contribution is 2.30. The predicted octanol–water partition coefficient (Wildman–Crippen LogP) is 2.32. The molecule has 6 heteroatoms. The molecule has 3 heterocycles. The van der Waals surface area contributed by atoms with E-state index in [4.69, 9.17) is 5.73 Å². The van der Waals surface area contributed by atoms with Gasteiger partial charge in [0.05, 0.1) is 10.4 Å². The summed E-state index contributed by atoms with van der Waals surface area (Å²) < 4.78 is 0. The van der Waals surface area contributed by atoms with Crippen LogP contribution >= 0.6 is 11.3 Å². The normalized spacial score (nSPS) is 29.0. The van der Waals surface area contributed by atoms with Crippen LogP contribution in [0.25, 0.3) is 0 Å². The number of primary amides is 1. The van der Waals surface area contributed by atoms with Gasteiger partial charge in [0, 0.05) is 36.6 Å². The second-order valence-corrected chi connectivity index (χ2v) is 7.74. The van der Waals surface area contributed by atoms with Gasteiger partial charge in [0.1, 0.15) is 0 Å². The van der Waals surface area contributed by atoms with Crippen molar-refractivity contribution in [3.63, 3.8) is 0 Å². The Kier molecular flexibility index (Phi) is 4.73. The Labute approximate surface area is 141 Å². The van der Waals surface area contributed by atoms with Gasteiger partial charge in [-0.3, -0.25) is 14.5 Å². The van der Waals surface area contributed by atoms with Crippen molar-refractivity contribution in [1.29, 1.82) is 0 Å². The first-order valence-corrected chi connectivity index (χ1v) is 9.30. The van der Waals surface area contributed by atoms with Crippen LogP contribution in [-0.4, -0.2) is 52.8 Å². The van der Waals surface area contributed by atoms with E-state index in [9.17, 15) is 9.59 Å². The second-order valence-electron chi connectivity index (χ2n) is 6.83. The van der Waals surface area contributed by atoms with Gasteiger partial charge in [-0.1, -0.05) is 0 Å². The summed E-state index contributed by atoms with van der Waals surface area (Å²) in [6.45, 7) is 6.18. The molecule has 2 amide bonds. The first kappa shape index (κ1) is 16.5. The van der Waals surface area contributed by atoms with E-state index < -0.39 is 5.91 Å². The summed E-state index contributed by atoms with van der Waals surface area (Å²) in [5.74, 6) is -0.441. The van der Waals surface area contributed by atoms with Crippen molar-refractivity contribution < 1.29 is 9.59 Å². The third-order valence-electron chi connectivity index (χ3n) is 5.22. The van der Waals surface area contributed by atoms with Gasteiger partial charge >= 0.3 is 0 Å². The highest BCUT2D eigenvalue weighted by molar-refractivity contribution is 7.12. The van der Waals surface area contributed by atoms with Crippen molar-refractivity contribution in [3.05, 3.63) is 21.9 Å². The number of nitrogens with zero attached hydrogens (tertiary/aromatic N) is 2. The molecule has 1 aromatic heterocycles. The molecule has 0 aliphatic carbocycles. The summed E-state index contributed by atoms with van der Waals surface area (Å²) in [5, 5.41) is 1.67. The van der Waals surface area contributed by atoms with Crippen molar-refractivity contribution >= 4 is 23.2 Å². The zero-order chi connectivity index (χ0) is 16.6. The van der Waals surface area contributed by atoms with Crippen LogP contribution in [0.1, 0.15) is 59.6 Å². The van der Waals surface area contributed by atoms with E-state index in [0.29, 0.717) is 28.6 Å². The molecule has 1 aromatic rings. The van der Waals surface area contributed by atoms with Crippen LogP contribution in [-0.2, 0) is 0 Å². The first-order chi connectivity index (χ1) is 11.0. The number of hydrogen-bond acceptors (Lipinski definition) is 4. The molecular weight excluding hydrogens is 310 g/mol. The predicted molar refractivity (Wildman–Crippen MR) is 91.8 cm³/mol. The number of hydrogen-bond donors (Lipinski definition) is 1. The van der Waals surface area contributed by atoms with Crippen LogP contribution in [0.2, 0.25) is 0 Å². The van der Waals surface area contributed by atoms with Crippen LogP contribution in [0.4, 0.5) is 0 Å². The Bertz CT molecular complexity index is 590. The molecule has 0 bridgehead atoms. The van der Waals surface area contributed by atoms with Gasteiger partial charge < -0.3 is 10.6 Å². The fourth-order valence-corrected chi connectivity index (χ4v) is 4.91. The van der Waals surface area contributed by atoms with Crippen molar-refractivity contribution in [1.82, 2.24) is 9.80 Å². The van der Waals surface area contributed by atoms with E-state index in [2.05, 4.69) is 18.7 Å². The zero-order valence-electron chi connectivity index (χ0n) is 13.8. The van der Waals surface area contributed by atoms with Gasteiger partial charge in [0.2, 0.25) is 5.91 Å². The lowest BCUT2D eigenvalue weighted by molar-refractivity contribution is 0.0491. The van der Waals surface area contributed by atoms with Crippen LogP contribution in [0.3, 0.4) is 0 Å². The lowest BCUT2D eigenvalue weighted by atomic mass is 10.0. The first-order valence-electron chi connectivity index (χ1n) is 8.42. The van der Waals surface area contributed by atoms with Gasteiger partial charge in [-0.2, -0.15) is 0 Å². The van der Waals surface area contributed by atoms with Crippen LogP contribution < -0.4 is 5.73 Å². The molecule has 2 aliphatic rings. The lowest BCUT2D eigenvalue weighted by Crippen LogP contribution is -2.52. The van der Waals surface area contributed by atoms with E-state index in [1.54, 1.807) is 11.4 Å². The van der Waals surface area contributed by atoms with Gasteiger partial charge in [0.15, 0.2) is 0 Å². The maximum absolute atomic E-state index is 12.7. The van der Waals surface area contributed by atoms with E-state index in [0.717, 1.165) is 25.9 Å². The van der Waals surface area contributed by atoms with Crippen LogP contribution in [0.5, 0.6) is 0 Å². The molecule has 2 N–H and O–H groups in total. The number of carbonyl (C=O) groups is 2. The van der Waals surface area contributed by atoms with Crippen molar-refractivity contribution in [2.45, 2.75) is 57.7 Å². The van der Waals surface area contributed by atoms with E-state index >= 15 is 0 Å². The SMILES string of the molecule is CC1CCC(C)N1C1CCCN(C(=O)c2cc(C(N)=O)cs2)C1. The van der Waals surface area contributed by atoms with Crippen molar-refractivity contribution in [2.75, 3.05) is 13.1 Å². The molecule has 2 saturated heterocycles. The second kappa shape index (κ2) is 6.61. The summed E-state index contributed by atoms with van der Waals surface area (Å²) in [6, 6.07) is 3.29. The number of nitrogens with two attached hydrogens (primary N) is 1. The Balaban J connectivity index is 1.70. The highest BCUT2D eigenvalue weighted by atomic mass is 32.1. The third-order valence-corrected chi connectivity index (χ3v) is 6.14. The van der Waals surface area contributed by atoms with E-state index in [1.807, 2.05) is 4.90 Å². The summed E-state index contributed by atoms with van der Waals surface area (Å²) in [4.78, 5) is 29.1. The maximum Gasteiger partial charge on any atom is 0.263 e. The van der Waals surface area contributed by atoms with Gasteiger partial charge in [0.25, 0.3) is 5.91 Å². The molecule has 5 nitrogen and oxygen atoms in total. The highest BCUT2D eigenvalue weighted by Gasteiger charge is 2.36. The molecule has 23 heavy (non-hydrogen) atoms. The Hall–Kier alpha value is -1.40. The number of carbonyl (C=O) groups excluding carboxylic acids is 2. The fraction of sp³-hybridized carbons (Fsp3) is 0.647. The van der Waals surface area contributed by atoms with Crippen LogP contribution in [0.15, 0.2) is 11.4 Å². The molecule has 0 saturated carbocycles. The van der Waals surface area contributed by atoms with Gasteiger partial charge in [-0.25, -0.2) is 0 Å². The Morgan fingerprint density at radius 1 is 1.22 bits per heavy atom. The van der Waals surface area contributed by atoms with Crippen molar-refractivity contribution in [2.24, 2.45) is 5.73 Å². The summed E-state index contributed by atoms with van der Waals surface area (Å²) in [5.41, 5.74) is 5.70. The smallest absolute Gasteiger partial charge is 0.263 e. The third kappa shape index (κ3) is 3.28. The quantitative estimate of drug-likeness (QED) is 0.922. The molecule has 0 aromatic carbocycles. The molecular formula is C17H25N3O2S. The molecule has 2 fully saturated rings. The van der Waals surface area contributed by atoms with E-state index in [-0.39, 0.29) is 5.91 Å². The average Bonchev–Trinajstić information content (AvgIpc) is 3.14. The number of piperidine rings is 1. The lowest BCUT2D eigenvalue weighted by Gasteiger charge is -2.41. The van der Waals surface area contributed by atoms with Gasteiger partial charge in [-0.15, -0.1) is 11.3 Å². The monoisotopic (exact) mass is 335 g/mol. The van der Waals surface area contributed by atoms with E-state index in [1.165, 1.54) is 24.2 Å². The average molecular weight is 335 g/mol. The number of likely N-dealkylation sites (tertiary alicyclic amines) is 2. The maximum atomic E-state index is 12.7. The standard InChI is InChI=1S/C17H25N3O2S/c1-11-5-6-12(2)20(11)14-4-3-7-19(9-14)17(22)15-8-13(10-23-15)16(18)21/h8,10-12,14H,3-7,9H2,1-2H3,(H2,18,21). The molecule has 3 atom stereocenters. The van der Waals surface area contributed by atoms with Crippen LogP contribution in [0, 0.1) is 0 Å². The molecule has 3 unspecified atom stereocenters. The Morgan fingerprint density at radius 2 is 1.91 bits per heavy atom. The number of amides is 2. The summed E-state index contributed by atoms with van der Waals surface area (Å²) >= 11 is 1.31. The summed E-state index contributed by atoms with van der Waals surface area (Å²) in [6.07, 6.45) is 4.70. The van der Waals surface area contributed by atoms with Crippen molar-refractivity contribution in [3.8, 4) is 0 Å². The molecule has 2 aliphatic heterocycles. The van der Waals surface area contributed by atoms with Gasteiger partial charge in [-0.05, 0) is 45.6 Å². The molecule has 3 rings (SSSR count). The number of rotatable bonds is 3. The minimum absolute atomic E-state index is 0.0340. The fourth-order valence-electron chi connectivity index (χ4n) is 4.05. The Morgan fingerprint density at radius 3 is 2.52 bits per heavy atom. The minimum atomic E-state index is -0.475. The molecule has 126 valence electrons.